The van der Waals surface area contributed by atoms with Gasteiger partial charge in [-0.25, -0.2) is 0 Å². The molecule has 1 N–H and O–H groups in total. The quantitative estimate of drug-likeness (QED) is 0.688. The van der Waals surface area contributed by atoms with Crippen molar-refractivity contribution in [1.29, 1.82) is 0 Å². The van der Waals surface area contributed by atoms with Gasteiger partial charge in [0.1, 0.15) is 5.78 Å². The lowest BCUT2D eigenvalue weighted by Crippen LogP contribution is -2.28. The van der Waals surface area contributed by atoms with Crippen molar-refractivity contribution in [2.24, 2.45) is 11.8 Å². The van der Waals surface area contributed by atoms with Crippen LogP contribution in [0.4, 0.5) is 0 Å². The Hall–Kier alpha value is -0.370. The Morgan fingerprint density at radius 2 is 2.00 bits per heavy atom. The van der Waals surface area contributed by atoms with Crippen molar-refractivity contribution in [3.8, 4) is 0 Å². The van der Waals surface area contributed by atoms with E-state index in [-0.39, 0.29) is 0 Å². The van der Waals surface area contributed by atoms with Crippen LogP contribution in [0.3, 0.4) is 0 Å². The highest BCUT2D eigenvalue weighted by Gasteiger charge is 2.28. The van der Waals surface area contributed by atoms with Crippen molar-refractivity contribution >= 4 is 5.78 Å². The van der Waals surface area contributed by atoms with E-state index in [9.17, 15) is 4.79 Å². The molecule has 0 aromatic heterocycles. The lowest BCUT2D eigenvalue weighted by Gasteiger charge is -2.29. The van der Waals surface area contributed by atoms with Crippen LogP contribution >= 0.6 is 0 Å². The van der Waals surface area contributed by atoms with Gasteiger partial charge >= 0.3 is 0 Å². The molecule has 0 saturated heterocycles. The van der Waals surface area contributed by atoms with Crippen LogP contribution in [-0.2, 0) is 4.79 Å². The number of rotatable bonds is 7. The van der Waals surface area contributed by atoms with Crippen LogP contribution in [0.2, 0.25) is 0 Å². The second-order valence-electron chi connectivity index (χ2n) is 5.74. The Bertz CT molecular complexity index is 225. The molecular formula is C15H29NO. The van der Waals surface area contributed by atoms with Crippen LogP contribution in [0, 0.1) is 11.8 Å². The minimum absolute atomic E-state index is 0.382. The minimum atomic E-state index is 0.382. The van der Waals surface area contributed by atoms with Gasteiger partial charge in [0.2, 0.25) is 0 Å². The maximum absolute atomic E-state index is 12.2. The van der Waals surface area contributed by atoms with Crippen LogP contribution in [-0.4, -0.2) is 18.4 Å². The number of ketones is 1. The van der Waals surface area contributed by atoms with Crippen LogP contribution in [0.5, 0.6) is 0 Å². The molecule has 1 saturated carbocycles. The topological polar surface area (TPSA) is 29.1 Å². The van der Waals surface area contributed by atoms with Gasteiger partial charge in [-0.2, -0.15) is 0 Å². The second-order valence-corrected chi connectivity index (χ2v) is 5.74. The van der Waals surface area contributed by atoms with Crippen molar-refractivity contribution in [3.05, 3.63) is 0 Å². The van der Waals surface area contributed by atoms with Gasteiger partial charge in [-0.1, -0.05) is 40.0 Å². The van der Waals surface area contributed by atoms with E-state index in [0.29, 0.717) is 23.7 Å². The largest absolute Gasteiger partial charge is 0.315 e. The van der Waals surface area contributed by atoms with Gasteiger partial charge in [-0.15, -0.1) is 0 Å². The molecule has 2 unspecified atom stereocenters. The predicted octanol–water partition coefficient (Wildman–Crippen LogP) is 3.55. The first-order valence-electron chi connectivity index (χ1n) is 7.41. The van der Waals surface area contributed by atoms with E-state index in [1.165, 1.54) is 25.7 Å². The fraction of sp³-hybridized carbons (Fsp3) is 0.933. The van der Waals surface area contributed by atoms with Crippen molar-refractivity contribution in [2.45, 2.75) is 71.8 Å². The molecule has 100 valence electrons. The molecule has 1 aliphatic carbocycles. The third-order valence-electron chi connectivity index (χ3n) is 4.00. The van der Waals surface area contributed by atoms with Crippen molar-refractivity contribution < 1.29 is 4.79 Å². The third-order valence-corrected chi connectivity index (χ3v) is 4.00. The zero-order valence-corrected chi connectivity index (χ0v) is 11.8. The normalized spacial score (nSPS) is 25.2. The molecule has 0 aliphatic heterocycles. The summed E-state index contributed by atoms with van der Waals surface area (Å²) >= 11 is 0. The van der Waals surface area contributed by atoms with E-state index in [1.54, 1.807) is 0 Å². The standard InChI is InChI=1S/C15H29NO/c1-4-13-8-5-6-9-14(13)15(17)10-7-11-16-12(2)3/h12-14,16H,4-11H2,1-3H3. The summed E-state index contributed by atoms with van der Waals surface area (Å²) in [5.74, 6) is 1.59. The van der Waals surface area contributed by atoms with E-state index >= 15 is 0 Å². The van der Waals surface area contributed by atoms with Gasteiger partial charge in [0, 0.05) is 18.4 Å². The summed E-state index contributed by atoms with van der Waals surface area (Å²) in [5, 5.41) is 3.38. The highest BCUT2D eigenvalue weighted by molar-refractivity contribution is 5.81. The fourth-order valence-corrected chi connectivity index (χ4v) is 2.96. The number of nitrogens with one attached hydrogen (secondary N) is 1. The van der Waals surface area contributed by atoms with Gasteiger partial charge in [0.25, 0.3) is 0 Å². The third kappa shape index (κ3) is 5.20. The Morgan fingerprint density at radius 3 is 2.65 bits per heavy atom. The molecule has 0 heterocycles. The highest BCUT2D eigenvalue weighted by atomic mass is 16.1. The second kappa shape index (κ2) is 7.86. The van der Waals surface area contributed by atoms with E-state index in [2.05, 4.69) is 26.1 Å². The smallest absolute Gasteiger partial charge is 0.136 e. The molecule has 17 heavy (non-hydrogen) atoms. The molecule has 0 aromatic rings. The Balaban J connectivity index is 2.25. The molecule has 0 bridgehead atoms. The van der Waals surface area contributed by atoms with Crippen LogP contribution in [0.25, 0.3) is 0 Å². The van der Waals surface area contributed by atoms with Gasteiger partial charge in [-0.05, 0) is 31.7 Å². The zero-order valence-electron chi connectivity index (χ0n) is 11.8. The first kappa shape index (κ1) is 14.7. The van der Waals surface area contributed by atoms with E-state index in [0.717, 1.165) is 25.8 Å². The molecule has 0 spiro atoms. The summed E-state index contributed by atoms with van der Waals surface area (Å²) in [6, 6.07) is 0.531. The summed E-state index contributed by atoms with van der Waals surface area (Å²) in [7, 11) is 0. The minimum Gasteiger partial charge on any atom is -0.315 e. The number of carbonyl (C=O) groups is 1. The van der Waals surface area contributed by atoms with Crippen molar-refractivity contribution in [2.75, 3.05) is 6.54 Å². The van der Waals surface area contributed by atoms with E-state index < -0.39 is 0 Å². The fourth-order valence-electron chi connectivity index (χ4n) is 2.96. The molecule has 1 fully saturated rings. The molecule has 0 amide bonds. The number of hydrogen-bond donors (Lipinski definition) is 1. The molecule has 0 radical (unpaired) electrons. The monoisotopic (exact) mass is 239 g/mol. The average Bonchev–Trinajstić information content (AvgIpc) is 2.34. The van der Waals surface area contributed by atoms with Gasteiger partial charge in [0.15, 0.2) is 0 Å². The van der Waals surface area contributed by atoms with E-state index in [4.69, 9.17) is 0 Å². The summed E-state index contributed by atoms with van der Waals surface area (Å²) in [5.41, 5.74) is 0. The van der Waals surface area contributed by atoms with Gasteiger partial charge in [-0.3, -0.25) is 4.79 Å². The van der Waals surface area contributed by atoms with E-state index in [1.807, 2.05) is 0 Å². The lowest BCUT2D eigenvalue weighted by molar-refractivity contribution is -0.125. The molecule has 1 aliphatic rings. The summed E-state index contributed by atoms with van der Waals surface area (Å²) in [4.78, 5) is 12.2. The average molecular weight is 239 g/mol. The highest BCUT2D eigenvalue weighted by Crippen LogP contribution is 2.33. The predicted molar refractivity (Wildman–Crippen MR) is 73.1 cm³/mol. The molecule has 1 rings (SSSR count). The van der Waals surface area contributed by atoms with Gasteiger partial charge < -0.3 is 5.32 Å². The molecular weight excluding hydrogens is 210 g/mol. The summed E-state index contributed by atoms with van der Waals surface area (Å²) in [6.45, 7) is 7.51. The molecule has 2 nitrogen and oxygen atoms in total. The molecule has 2 heteroatoms. The van der Waals surface area contributed by atoms with Crippen molar-refractivity contribution in [1.82, 2.24) is 5.32 Å². The number of Topliss-reactive ketones (excluding diaryl/α,β-unsaturated/α-hetero) is 1. The Labute approximate surface area is 107 Å². The zero-order chi connectivity index (χ0) is 12.7. The first-order valence-corrected chi connectivity index (χ1v) is 7.41. The summed E-state index contributed by atoms with van der Waals surface area (Å²) < 4.78 is 0. The first-order chi connectivity index (χ1) is 8.15. The maximum atomic E-state index is 12.2. The lowest BCUT2D eigenvalue weighted by atomic mass is 9.75. The Kier molecular flexibility index (Phi) is 6.79. The van der Waals surface area contributed by atoms with Gasteiger partial charge in [0.05, 0.1) is 0 Å². The summed E-state index contributed by atoms with van der Waals surface area (Å²) in [6.07, 6.45) is 7.98. The van der Waals surface area contributed by atoms with Crippen LogP contribution in [0.15, 0.2) is 0 Å². The SMILES string of the molecule is CCC1CCCCC1C(=O)CCCNC(C)C. The molecule has 2 atom stereocenters. The number of carbonyl (C=O) groups excluding carboxylic acids is 1. The molecule has 0 aromatic carbocycles. The van der Waals surface area contributed by atoms with Crippen LogP contribution < -0.4 is 5.32 Å². The maximum Gasteiger partial charge on any atom is 0.136 e. The Morgan fingerprint density at radius 1 is 1.29 bits per heavy atom. The van der Waals surface area contributed by atoms with Crippen LogP contribution in [0.1, 0.15) is 65.7 Å². The number of hydrogen-bond acceptors (Lipinski definition) is 2. The van der Waals surface area contributed by atoms with Crippen molar-refractivity contribution in [3.63, 3.8) is 0 Å².